The Morgan fingerprint density at radius 3 is 2.71 bits per heavy atom. The van der Waals surface area contributed by atoms with Crippen molar-refractivity contribution in [3.63, 3.8) is 0 Å². The Kier molecular flexibility index (Phi) is 2.05. The van der Waals surface area contributed by atoms with Crippen LogP contribution in [-0.4, -0.2) is 21.7 Å². The van der Waals surface area contributed by atoms with Crippen molar-refractivity contribution in [2.45, 2.75) is 0 Å². The lowest BCUT2D eigenvalue weighted by Crippen LogP contribution is -2.29. The smallest absolute Gasteiger partial charge is 0.423 e. The third-order valence-corrected chi connectivity index (χ3v) is 2.26. The molecule has 0 amide bonds. The maximum absolute atomic E-state index is 12.9. The summed E-state index contributed by atoms with van der Waals surface area (Å²) in [5, 5.41) is 18.6. The fraction of sp³-hybridized carbons (Fsp3) is 0.111. The van der Waals surface area contributed by atoms with E-state index in [4.69, 9.17) is 10.0 Å². The molecule has 0 spiro atoms. The van der Waals surface area contributed by atoms with E-state index >= 15 is 0 Å². The molecule has 14 heavy (non-hydrogen) atoms. The first-order valence-corrected chi connectivity index (χ1v) is 4.20. The highest BCUT2D eigenvalue weighted by atomic mass is 19.1. The summed E-state index contributed by atoms with van der Waals surface area (Å²) in [7, 11) is 0.201. The molecule has 1 aromatic heterocycles. The van der Waals surface area contributed by atoms with E-state index in [-0.39, 0.29) is 5.82 Å². The van der Waals surface area contributed by atoms with Gasteiger partial charge in [0.1, 0.15) is 5.82 Å². The zero-order valence-corrected chi connectivity index (χ0v) is 7.61. The Balaban J connectivity index is 2.79. The minimum absolute atomic E-state index is 0.321. The van der Waals surface area contributed by atoms with Gasteiger partial charge in [-0.3, -0.25) is 0 Å². The molecule has 2 aromatic rings. The van der Waals surface area contributed by atoms with Gasteiger partial charge in [-0.25, -0.2) is 4.39 Å². The molecule has 0 saturated carbocycles. The topological polar surface area (TPSA) is 45.4 Å². The molecule has 0 radical (unpaired) electrons. The number of aryl methyl sites for hydroxylation is 1. The van der Waals surface area contributed by atoms with E-state index in [1.54, 1.807) is 23.9 Å². The second-order valence-electron chi connectivity index (χ2n) is 3.23. The van der Waals surface area contributed by atoms with Gasteiger partial charge in [0.2, 0.25) is 0 Å². The third-order valence-electron chi connectivity index (χ3n) is 2.26. The molecule has 1 aromatic carbocycles. The van der Waals surface area contributed by atoms with Crippen LogP contribution >= 0.6 is 0 Å². The van der Waals surface area contributed by atoms with Crippen LogP contribution in [0, 0.1) is 5.82 Å². The molecular weight excluding hydrogens is 184 g/mol. The number of hydrogen-bond donors (Lipinski definition) is 2. The summed E-state index contributed by atoms with van der Waals surface area (Å²) in [5.74, 6) is -0.384. The highest BCUT2D eigenvalue weighted by Crippen LogP contribution is 2.14. The number of halogens is 1. The van der Waals surface area contributed by atoms with Crippen LogP contribution in [0.3, 0.4) is 0 Å². The summed E-state index contributed by atoms with van der Waals surface area (Å²) >= 11 is 0. The van der Waals surface area contributed by atoms with Gasteiger partial charge in [0.25, 0.3) is 0 Å². The molecule has 0 aliphatic carbocycles. The van der Waals surface area contributed by atoms with Gasteiger partial charge in [0.05, 0.1) is 0 Å². The molecule has 0 fully saturated rings. The van der Waals surface area contributed by atoms with Crippen LogP contribution in [-0.2, 0) is 7.05 Å². The monoisotopic (exact) mass is 193 g/mol. The molecule has 3 nitrogen and oxygen atoms in total. The number of fused-ring (bicyclic) bond motifs is 1. The highest BCUT2D eigenvalue weighted by molar-refractivity contribution is 6.62. The SMILES string of the molecule is Cn1cc(B(O)O)c2cc(F)ccc21. The van der Waals surface area contributed by atoms with Crippen molar-refractivity contribution in [1.82, 2.24) is 4.57 Å². The summed E-state index contributed by atoms with van der Waals surface area (Å²) < 4.78 is 14.6. The van der Waals surface area contributed by atoms with E-state index in [1.165, 1.54) is 12.1 Å². The fourth-order valence-electron chi connectivity index (χ4n) is 1.60. The minimum atomic E-state index is -1.57. The second-order valence-corrected chi connectivity index (χ2v) is 3.23. The Morgan fingerprint density at radius 1 is 1.36 bits per heavy atom. The summed E-state index contributed by atoms with van der Waals surface area (Å²) in [6.07, 6.45) is 1.58. The van der Waals surface area contributed by atoms with Crippen LogP contribution in [0.15, 0.2) is 24.4 Å². The number of aromatic nitrogens is 1. The zero-order chi connectivity index (χ0) is 10.3. The molecule has 0 unspecified atom stereocenters. The summed E-state index contributed by atoms with van der Waals surface area (Å²) in [6.45, 7) is 0. The van der Waals surface area contributed by atoms with Crippen molar-refractivity contribution in [3.05, 3.63) is 30.2 Å². The Morgan fingerprint density at radius 2 is 2.07 bits per heavy atom. The molecule has 0 aliphatic rings. The molecule has 1 heterocycles. The molecule has 0 bridgehead atoms. The van der Waals surface area contributed by atoms with E-state index in [1.807, 2.05) is 0 Å². The predicted octanol–water partition coefficient (Wildman–Crippen LogP) is -0.00280. The maximum atomic E-state index is 12.9. The molecule has 0 saturated heterocycles. The molecular formula is C9H9BFNO2. The number of hydrogen-bond acceptors (Lipinski definition) is 2. The normalized spacial score (nSPS) is 10.9. The van der Waals surface area contributed by atoms with Gasteiger partial charge in [0, 0.05) is 29.6 Å². The number of benzene rings is 1. The van der Waals surface area contributed by atoms with Crippen molar-refractivity contribution in [1.29, 1.82) is 0 Å². The average molecular weight is 193 g/mol. The molecule has 72 valence electrons. The van der Waals surface area contributed by atoms with Crippen molar-refractivity contribution in [3.8, 4) is 0 Å². The van der Waals surface area contributed by atoms with Gasteiger partial charge in [-0.15, -0.1) is 0 Å². The van der Waals surface area contributed by atoms with E-state index < -0.39 is 7.12 Å². The van der Waals surface area contributed by atoms with Gasteiger partial charge >= 0.3 is 7.12 Å². The molecule has 2 N–H and O–H groups in total. The standard InChI is InChI=1S/C9H9BFNO2/c1-12-5-8(10(13)14)7-4-6(11)2-3-9(7)12/h2-5,13-14H,1H3. The number of rotatable bonds is 1. The zero-order valence-electron chi connectivity index (χ0n) is 7.61. The average Bonchev–Trinajstić information content (AvgIpc) is 2.43. The number of nitrogens with zero attached hydrogens (tertiary/aromatic N) is 1. The van der Waals surface area contributed by atoms with Crippen molar-refractivity contribution < 1.29 is 14.4 Å². The summed E-state index contributed by atoms with van der Waals surface area (Å²) in [5.41, 5.74) is 1.09. The first-order chi connectivity index (χ1) is 6.59. The molecule has 0 atom stereocenters. The Labute approximate surface area is 80.5 Å². The fourth-order valence-corrected chi connectivity index (χ4v) is 1.60. The Bertz CT molecular complexity index is 481. The van der Waals surface area contributed by atoms with Gasteiger partial charge < -0.3 is 14.6 Å². The van der Waals surface area contributed by atoms with Gasteiger partial charge in [0.15, 0.2) is 0 Å². The van der Waals surface area contributed by atoms with Crippen LogP contribution < -0.4 is 5.46 Å². The van der Waals surface area contributed by atoms with Gasteiger partial charge in [-0.2, -0.15) is 0 Å². The van der Waals surface area contributed by atoms with E-state index in [0.717, 1.165) is 5.52 Å². The van der Waals surface area contributed by atoms with Crippen molar-refractivity contribution >= 4 is 23.5 Å². The van der Waals surface area contributed by atoms with E-state index in [0.29, 0.717) is 10.8 Å². The molecule has 2 rings (SSSR count). The van der Waals surface area contributed by atoms with Crippen LogP contribution in [0.1, 0.15) is 0 Å². The maximum Gasteiger partial charge on any atom is 0.490 e. The largest absolute Gasteiger partial charge is 0.490 e. The van der Waals surface area contributed by atoms with Gasteiger partial charge in [-0.05, 0) is 18.2 Å². The Hall–Kier alpha value is -1.33. The first kappa shape index (κ1) is 9.24. The second kappa shape index (κ2) is 3.11. The summed E-state index contributed by atoms with van der Waals surface area (Å²) in [4.78, 5) is 0. The third kappa shape index (κ3) is 1.30. The van der Waals surface area contributed by atoms with Gasteiger partial charge in [-0.1, -0.05) is 0 Å². The minimum Gasteiger partial charge on any atom is -0.423 e. The summed E-state index contributed by atoms with van der Waals surface area (Å²) in [6, 6.07) is 4.25. The lowest BCUT2D eigenvalue weighted by molar-refractivity contribution is 0.426. The lowest BCUT2D eigenvalue weighted by Gasteiger charge is -1.96. The van der Waals surface area contributed by atoms with Crippen molar-refractivity contribution in [2.24, 2.45) is 7.05 Å². The van der Waals surface area contributed by atoms with Crippen molar-refractivity contribution in [2.75, 3.05) is 0 Å². The predicted molar refractivity (Wildman–Crippen MR) is 52.7 cm³/mol. The highest BCUT2D eigenvalue weighted by Gasteiger charge is 2.17. The lowest BCUT2D eigenvalue weighted by atomic mass is 9.80. The van der Waals surface area contributed by atoms with Crippen LogP contribution in [0.25, 0.3) is 10.9 Å². The first-order valence-electron chi connectivity index (χ1n) is 4.20. The van der Waals surface area contributed by atoms with Crippen LogP contribution in [0.2, 0.25) is 0 Å². The quantitative estimate of drug-likeness (QED) is 0.626. The van der Waals surface area contributed by atoms with E-state index in [2.05, 4.69) is 0 Å². The van der Waals surface area contributed by atoms with E-state index in [9.17, 15) is 4.39 Å². The molecule has 5 heteroatoms. The van der Waals surface area contributed by atoms with Crippen LogP contribution in [0.4, 0.5) is 4.39 Å². The van der Waals surface area contributed by atoms with Crippen LogP contribution in [0.5, 0.6) is 0 Å². The molecule has 0 aliphatic heterocycles.